The van der Waals surface area contributed by atoms with E-state index in [2.05, 4.69) is 78.2 Å². The second kappa shape index (κ2) is 8.05. The smallest absolute Gasteiger partial charge is 0.0420 e. The Bertz CT molecular complexity index is 624. The van der Waals surface area contributed by atoms with E-state index in [0.29, 0.717) is 11.8 Å². The van der Waals surface area contributed by atoms with E-state index in [-0.39, 0.29) is 5.41 Å². The van der Waals surface area contributed by atoms with Crippen LogP contribution < -0.4 is 10.6 Å². The molecule has 0 bridgehead atoms. The highest BCUT2D eigenvalue weighted by Crippen LogP contribution is 2.47. The fraction of sp³-hybridized carbons (Fsp3) is 0.652. The fourth-order valence-corrected chi connectivity index (χ4v) is 4.11. The molecule has 2 rings (SSSR count). The van der Waals surface area contributed by atoms with E-state index >= 15 is 0 Å². The van der Waals surface area contributed by atoms with E-state index in [1.165, 1.54) is 33.4 Å². The fourth-order valence-electron chi connectivity index (χ4n) is 4.11. The third-order valence-electron chi connectivity index (χ3n) is 5.87. The van der Waals surface area contributed by atoms with Crippen LogP contribution in [-0.2, 0) is 5.41 Å². The number of benzene rings is 1. The van der Waals surface area contributed by atoms with Gasteiger partial charge in [0.05, 0.1) is 0 Å². The molecule has 0 aliphatic heterocycles. The van der Waals surface area contributed by atoms with Gasteiger partial charge in [-0.15, -0.1) is 0 Å². The van der Waals surface area contributed by atoms with Gasteiger partial charge in [0.1, 0.15) is 0 Å². The molecule has 2 N–H and O–H groups in total. The van der Waals surface area contributed by atoms with Crippen molar-refractivity contribution in [2.75, 3.05) is 26.2 Å². The SMILES string of the molecule is CC1=C(C)C(CNCC(C)C)(CNCC(C)C)c2ccc(C)c(C)c21. The summed E-state index contributed by atoms with van der Waals surface area (Å²) in [6, 6.07) is 4.69. The normalized spacial score (nSPS) is 16.2. The monoisotopic (exact) mass is 342 g/mol. The number of hydrogen-bond donors (Lipinski definition) is 2. The molecule has 0 fully saturated rings. The van der Waals surface area contributed by atoms with Gasteiger partial charge < -0.3 is 10.6 Å². The Hall–Kier alpha value is -1.12. The van der Waals surface area contributed by atoms with Crippen molar-refractivity contribution in [3.8, 4) is 0 Å². The van der Waals surface area contributed by atoms with Crippen LogP contribution in [0.5, 0.6) is 0 Å². The maximum Gasteiger partial charge on any atom is 0.0420 e. The first kappa shape index (κ1) is 20.2. The van der Waals surface area contributed by atoms with Crippen molar-refractivity contribution in [3.05, 3.63) is 40.0 Å². The van der Waals surface area contributed by atoms with Gasteiger partial charge in [-0.2, -0.15) is 0 Å². The molecule has 0 radical (unpaired) electrons. The van der Waals surface area contributed by atoms with E-state index in [4.69, 9.17) is 0 Å². The van der Waals surface area contributed by atoms with Gasteiger partial charge >= 0.3 is 0 Å². The standard InChI is InChI=1S/C23H38N2/c1-15(2)11-24-13-23(14-25-12-16(3)4)20(8)19(7)22-18(6)17(5)9-10-21(22)23/h9-10,15-16,24-25H,11-14H2,1-8H3. The zero-order chi connectivity index (χ0) is 18.8. The lowest BCUT2D eigenvalue weighted by Crippen LogP contribution is -2.47. The third kappa shape index (κ3) is 4.01. The van der Waals surface area contributed by atoms with Crippen LogP contribution in [0.2, 0.25) is 0 Å². The van der Waals surface area contributed by atoms with Gasteiger partial charge in [0, 0.05) is 18.5 Å². The minimum Gasteiger partial charge on any atom is -0.315 e. The maximum atomic E-state index is 3.76. The summed E-state index contributed by atoms with van der Waals surface area (Å²) >= 11 is 0. The summed E-state index contributed by atoms with van der Waals surface area (Å²) in [4.78, 5) is 0. The quantitative estimate of drug-likeness (QED) is 0.706. The molecule has 0 saturated carbocycles. The minimum absolute atomic E-state index is 0.0711. The Balaban J connectivity index is 2.42. The summed E-state index contributed by atoms with van der Waals surface area (Å²) in [6.07, 6.45) is 0. The number of rotatable bonds is 8. The first-order chi connectivity index (χ1) is 11.7. The molecule has 1 aromatic carbocycles. The average Bonchev–Trinajstić information content (AvgIpc) is 2.73. The molecular weight excluding hydrogens is 304 g/mol. The number of hydrogen-bond acceptors (Lipinski definition) is 2. The minimum atomic E-state index is 0.0711. The Morgan fingerprint density at radius 3 is 1.84 bits per heavy atom. The number of fused-ring (bicyclic) bond motifs is 1. The Kier molecular flexibility index (Phi) is 6.51. The molecule has 140 valence electrons. The van der Waals surface area contributed by atoms with Gasteiger partial charge in [-0.05, 0) is 80.4 Å². The Labute approximate surface area is 155 Å². The summed E-state index contributed by atoms with van der Waals surface area (Å²) < 4.78 is 0. The van der Waals surface area contributed by atoms with Gasteiger partial charge in [-0.25, -0.2) is 0 Å². The predicted molar refractivity (Wildman–Crippen MR) is 111 cm³/mol. The summed E-state index contributed by atoms with van der Waals surface area (Å²) in [5.74, 6) is 1.35. The van der Waals surface area contributed by atoms with Gasteiger partial charge in [0.15, 0.2) is 0 Å². The molecule has 2 nitrogen and oxygen atoms in total. The van der Waals surface area contributed by atoms with Crippen LogP contribution >= 0.6 is 0 Å². The van der Waals surface area contributed by atoms with Crippen molar-refractivity contribution in [2.24, 2.45) is 11.8 Å². The molecule has 2 heteroatoms. The van der Waals surface area contributed by atoms with E-state index in [1.54, 1.807) is 0 Å². The lowest BCUT2D eigenvalue weighted by Gasteiger charge is -2.35. The lowest BCUT2D eigenvalue weighted by atomic mass is 9.76. The van der Waals surface area contributed by atoms with Crippen LogP contribution in [0, 0.1) is 25.7 Å². The molecule has 0 saturated heterocycles. The van der Waals surface area contributed by atoms with Crippen LogP contribution in [0.1, 0.15) is 63.8 Å². The molecule has 0 atom stereocenters. The van der Waals surface area contributed by atoms with Crippen LogP contribution in [-0.4, -0.2) is 26.2 Å². The molecule has 1 aliphatic rings. The highest BCUT2D eigenvalue weighted by molar-refractivity contribution is 5.81. The van der Waals surface area contributed by atoms with Crippen molar-refractivity contribution in [2.45, 2.75) is 60.8 Å². The van der Waals surface area contributed by atoms with Crippen molar-refractivity contribution in [1.82, 2.24) is 10.6 Å². The Morgan fingerprint density at radius 2 is 1.36 bits per heavy atom. The topological polar surface area (TPSA) is 24.1 Å². The molecule has 0 amide bonds. The van der Waals surface area contributed by atoms with E-state index < -0.39 is 0 Å². The van der Waals surface area contributed by atoms with E-state index in [1.807, 2.05) is 0 Å². The summed E-state index contributed by atoms with van der Waals surface area (Å²) in [7, 11) is 0. The number of aryl methyl sites for hydroxylation is 1. The predicted octanol–water partition coefficient (Wildman–Crippen LogP) is 4.84. The number of allylic oxidation sites excluding steroid dienone is 1. The van der Waals surface area contributed by atoms with Crippen molar-refractivity contribution < 1.29 is 0 Å². The van der Waals surface area contributed by atoms with Crippen LogP contribution in [0.15, 0.2) is 17.7 Å². The zero-order valence-electron chi connectivity index (χ0n) is 17.6. The molecule has 0 unspecified atom stereocenters. The number of nitrogens with one attached hydrogen (secondary N) is 2. The third-order valence-corrected chi connectivity index (χ3v) is 5.87. The highest BCUT2D eigenvalue weighted by Gasteiger charge is 2.42. The molecule has 0 spiro atoms. The van der Waals surface area contributed by atoms with Crippen LogP contribution in [0.25, 0.3) is 5.57 Å². The van der Waals surface area contributed by atoms with E-state index in [9.17, 15) is 0 Å². The second-order valence-corrected chi connectivity index (χ2v) is 8.81. The summed E-state index contributed by atoms with van der Waals surface area (Å²) in [5, 5.41) is 7.52. The molecular formula is C23H38N2. The Morgan fingerprint density at radius 1 is 0.840 bits per heavy atom. The maximum absolute atomic E-state index is 3.76. The molecule has 1 aromatic rings. The van der Waals surface area contributed by atoms with Crippen molar-refractivity contribution in [3.63, 3.8) is 0 Å². The van der Waals surface area contributed by atoms with Gasteiger partial charge in [0.25, 0.3) is 0 Å². The lowest BCUT2D eigenvalue weighted by molar-refractivity contribution is 0.401. The average molecular weight is 343 g/mol. The zero-order valence-corrected chi connectivity index (χ0v) is 17.6. The molecule has 1 aliphatic carbocycles. The highest BCUT2D eigenvalue weighted by atomic mass is 14.9. The second-order valence-electron chi connectivity index (χ2n) is 8.81. The summed E-state index contributed by atoms with van der Waals surface area (Å²) in [5.41, 5.74) is 8.93. The molecule has 0 heterocycles. The van der Waals surface area contributed by atoms with Crippen molar-refractivity contribution in [1.29, 1.82) is 0 Å². The molecule has 25 heavy (non-hydrogen) atoms. The van der Waals surface area contributed by atoms with Gasteiger partial charge in [0.2, 0.25) is 0 Å². The largest absolute Gasteiger partial charge is 0.315 e. The van der Waals surface area contributed by atoms with Gasteiger partial charge in [-0.3, -0.25) is 0 Å². The van der Waals surface area contributed by atoms with E-state index in [0.717, 1.165) is 26.2 Å². The van der Waals surface area contributed by atoms with Gasteiger partial charge in [-0.1, -0.05) is 45.4 Å². The van der Waals surface area contributed by atoms with Crippen LogP contribution in [0.3, 0.4) is 0 Å². The van der Waals surface area contributed by atoms with Crippen LogP contribution in [0.4, 0.5) is 0 Å². The molecule has 0 aromatic heterocycles. The summed E-state index contributed by atoms with van der Waals surface area (Å²) in [6.45, 7) is 22.4. The first-order valence-electron chi connectivity index (χ1n) is 9.91. The first-order valence-corrected chi connectivity index (χ1v) is 9.91. The van der Waals surface area contributed by atoms with Crippen molar-refractivity contribution >= 4 is 5.57 Å².